The van der Waals surface area contributed by atoms with Crippen molar-refractivity contribution in [3.05, 3.63) is 29.8 Å². The van der Waals surface area contributed by atoms with E-state index in [1.807, 2.05) is 17.0 Å². The number of amides is 2. The number of morpholine rings is 1. The zero-order valence-electron chi connectivity index (χ0n) is 16.6. The van der Waals surface area contributed by atoms with Gasteiger partial charge in [-0.1, -0.05) is 25.0 Å². The Morgan fingerprint density at radius 1 is 1.11 bits per heavy atom. The third kappa shape index (κ3) is 4.73. The van der Waals surface area contributed by atoms with Crippen LogP contribution in [-0.4, -0.2) is 67.0 Å². The van der Waals surface area contributed by atoms with Gasteiger partial charge in [0, 0.05) is 44.3 Å². The number of likely N-dealkylation sites (tertiary alicyclic amines) is 1. The topological polar surface area (TPSA) is 61.9 Å². The first-order chi connectivity index (χ1) is 13.7. The van der Waals surface area contributed by atoms with Gasteiger partial charge in [0.1, 0.15) is 0 Å². The van der Waals surface area contributed by atoms with Crippen molar-refractivity contribution in [2.45, 2.75) is 44.6 Å². The maximum Gasteiger partial charge on any atom is 0.229 e. The minimum atomic E-state index is -0.228. The second-order valence-electron chi connectivity index (χ2n) is 8.28. The Bertz CT molecular complexity index is 679. The molecular formula is C22H31N3O3. The molecule has 2 heterocycles. The molecule has 1 unspecified atom stereocenters. The highest BCUT2D eigenvalue weighted by molar-refractivity contribution is 5.97. The summed E-state index contributed by atoms with van der Waals surface area (Å²) in [6, 6.07) is 8.47. The van der Waals surface area contributed by atoms with Gasteiger partial charge in [-0.3, -0.25) is 14.5 Å². The minimum Gasteiger partial charge on any atom is -0.379 e. The van der Waals surface area contributed by atoms with Crippen molar-refractivity contribution in [2.75, 3.05) is 44.7 Å². The molecule has 2 aliphatic heterocycles. The molecule has 1 saturated carbocycles. The van der Waals surface area contributed by atoms with E-state index in [9.17, 15) is 9.59 Å². The molecule has 0 spiro atoms. The Balaban J connectivity index is 1.25. The molecule has 1 aliphatic carbocycles. The summed E-state index contributed by atoms with van der Waals surface area (Å²) >= 11 is 0. The molecule has 2 amide bonds. The predicted molar refractivity (Wildman–Crippen MR) is 108 cm³/mol. The van der Waals surface area contributed by atoms with Gasteiger partial charge in [0.2, 0.25) is 11.8 Å². The van der Waals surface area contributed by atoms with E-state index in [0.717, 1.165) is 57.8 Å². The van der Waals surface area contributed by atoms with Gasteiger partial charge in [-0.25, -0.2) is 0 Å². The Morgan fingerprint density at radius 2 is 1.82 bits per heavy atom. The third-order valence-electron chi connectivity index (χ3n) is 6.34. The van der Waals surface area contributed by atoms with E-state index in [1.165, 1.54) is 18.4 Å². The number of carbonyl (C=O) groups is 2. The fraction of sp³-hybridized carbons (Fsp3) is 0.636. The van der Waals surface area contributed by atoms with Gasteiger partial charge in [-0.2, -0.15) is 0 Å². The number of rotatable bonds is 6. The van der Waals surface area contributed by atoms with Crippen LogP contribution in [-0.2, 0) is 20.7 Å². The van der Waals surface area contributed by atoms with Crippen LogP contribution in [0.15, 0.2) is 24.3 Å². The van der Waals surface area contributed by atoms with Crippen LogP contribution < -0.4 is 5.32 Å². The normalized spacial score (nSPS) is 24.1. The van der Waals surface area contributed by atoms with E-state index in [-0.39, 0.29) is 17.7 Å². The van der Waals surface area contributed by atoms with Gasteiger partial charge in [0.25, 0.3) is 0 Å². The molecule has 1 atom stereocenters. The van der Waals surface area contributed by atoms with Crippen molar-refractivity contribution in [3.63, 3.8) is 0 Å². The highest BCUT2D eigenvalue weighted by Crippen LogP contribution is 2.30. The molecule has 3 aliphatic rings. The number of hydrogen-bond acceptors (Lipinski definition) is 4. The molecule has 4 rings (SSSR count). The van der Waals surface area contributed by atoms with Crippen LogP contribution in [0.1, 0.15) is 37.7 Å². The molecule has 2 saturated heterocycles. The lowest BCUT2D eigenvalue weighted by atomic mass is 10.1. The highest BCUT2D eigenvalue weighted by Gasteiger charge is 2.38. The smallest absolute Gasteiger partial charge is 0.229 e. The van der Waals surface area contributed by atoms with Gasteiger partial charge in [0.15, 0.2) is 0 Å². The molecule has 152 valence electrons. The second-order valence-corrected chi connectivity index (χ2v) is 8.28. The van der Waals surface area contributed by atoms with Crippen molar-refractivity contribution < 1.29 is 14.3 Å². The summed E-state index contributed by atoms with van der Waals surface area (Å²) in [4.78, 5) is 29.3. The van der Waals surface area contributed by atoms with Gasteiger partial charge < -0.3 is 15.0 Å². The molecular weight excluding hydrogens is 354 g/mol. The molecule has 1 N–H and O–H groups in total. The average molecular weight is 386 g/mol. The number of ether oxygens (including phenoxy) is 1. The van der Waals surface area contributed by atoms with Gasteiger partial charge >= 0.3 is 0 Å². The quantitative estimate of drug-likeness (QED) is 0.816. The zero-order valence-corrected chi connectivity index (χ0v) is 16.6. The Labute approximate surface area is 167 Å². The summed E-state index contributed by atoms with van der Waals surface area (Å²) < 4.78 is 5.38. The summed E-state index contributed by atoms with van der Waals surface area (Å²) in [7, 11) is 0. The van der Waals surface area contributed by atoms with E-state index in [1.54, 1.807) is 0 Å². The largest absolute Gasteiger partial charge is 0.379 e. The van der Waals surface area contributed by atoms with Crippen molar-refractivity contribution in [1.29, 1.82) is 0 Å². The van der Waals surface area contributed by atoms with Gasteiger partial charge in [0.05, 0.1) is 19.1 Å². The van der Waals surface area contributed by atoms with Crippen molar-refractivity contribution in [3.8, 4) is 0 Å². The number of nitrogens with zero attached hydrogens (tertiary/aromatic N) is 2. The summed E-state index contributed by atoms with van der Waals surface area (Å²) in [5.41, 5.74) is 2.08. The molecule has 6 nitrogen and oxygen atoms in total. The van der Waals surface area contributed by atoms with Crippen LogP contribution in [0, 0.1) is 5.92 Å². The number of carbonyl (C=O) groups excluding carboxylic acids is 2. The average Bonchev–Trinajstić information content (AvgIpc) is 3.38. The van der Waals surface area contributed by atoms with Crippen molar-refractivity contribution in [1.82, 2.24) is 9.80 Å². The first-order valence-corrected chi connectivity index (χ1v) is 10.7. The van der Waals surface area contributed by atoms with Gasteiger partial charge in [-0.15, -0.1) is 0 Å². The highest BCUT2D eigenvalue weighted by atomic mass is 16.5. The lowest BCUT2D eigenvalue weighted by Crippen LogP contribution is -2.37. The lowest BCUT2D eigenvalue weighted by molar-refractivity contribution is -0.129. The Kier molecular flexibility index (Phi) is 6.27. The monoisotopic (exact) mass is 385 g/mol. The fourth-order valence-corrected chi connectivity index (χ4v) is 4.59. The van der Waals surface area contributed by atoms with Crippen molar-refractivity contribution >= 4 is 17.5 Å². The Hall–Kier alpha value is -1.92. The predicted octanol–water partition coefficient (Wildman–Crippen LogP) is 2.29. The summed E-state index contributed by atoms with van der Waals surface area (Å²) in [5, 5.41) is 3.00. The standard InChI is InChI=1S/C22H31N3O3/c26-21-15-18(16-25(21)20-3-1-2-4-20)22(27)23-19-7-5-17(6-8-19)9-10-24-11-13-28-14-12-24/h5-8,18,20H,1-4,9-16H2,(H,23,27). The second kappa shape index (κ2) is 9.05. The van der Waals surface area contributed by atoms with Crippen LogP contribution in [0.2, 0.25) is 0 Å². The summed E-state index contributed by atoms with van der Waals surface area (Å²) in [6.45, 7) is 5.28. The molecule has 0 bridgehead atoms. The van der Waals surface area contributed by atoms with Crippen LogP contribution >= 0.6 is 0 Å². The number of nitrogens with one attached hydrogen (secondary N) is 1. The fourth-order valence-electron chi connectivity index (χ4n) is 4.59. The first-order valence-electron chi connectivity index (χ1n) is 10.7. The van der Waals surface area contributed by atoms with E-state index < -0.39 is 0 Å². The van der Waals surface area contributed by atoms with E-state index in [0.29, 0.717) is 19.0 Å². The van der Waals surface area contributed by atoms with Crippen LogP contribution in [0.3, 0.4) is 0 Å². The van der Waals surface area contributed by atoms with E-state index >= 15 is 0 Å². The van der Waals surface area contributed by atoms with E-state index in [4.69, 9.17) is 4.74 Å². The number of benzene rings is 1. The third-order valence-corrected chi connectivity index (χ3v) is 6.34. The molecule has 1 aromatic carbocycles. The van der Waals surface area contributed by atoms with Crippen LogP contribution in [0.4, 0.5) is 5.69 Å². The molecule has 3 fully saturated rings. The minimum absolute atomic E-state index is 0.0325. The number of anilines is 1. The zero-order chi connectivity index (χ0) is 19.3. The van der Waals surface area contributed by atoms with E-state index in [2.05, 4.69) is 22.3 Å². The van der Waals surface area contributed by atoms with Crippen LogP contribution in [0.5, 0.6) is 0 Å². The van der Waals surface area contributed by atoms with Crippen molar-refractivity contribution in [2.24, 2.45) is 5.92 Å². The lowest BCUT2D eigenvalue weighted by Gasteiger charge is -2.26. The van der Waals surface area contributed by atoms with Gasteiger partial charge in [-0.05, 0) is 37.0 Å². The maximum absolute atomic E-state index is 12.6. The Morgan fingerprint density at radius 3 is 2.54 bits per heavy atom. The summed E-state index contributed by atoms with van der Waals surface area (Å²) in [6.07, 6.45) is 5.92. The molecule has 6 heteroatoms. The molecule has 0 radical (unpaired) electrons. The molecule has 1 aromatic rings. The first kappa shape index (κ1) is 19.4. The van der Waals surface area contributed by atoms with Crippen LogP contribution in [0.25, 0.3) is 0 Å². The maximum atomic E-state index is 12.6. The molecule has 28 heavy (non-hydrogen) atoms. The molecule has 0 aromatic heterocycles. The number of hydrogen-bond donors (Lipinski definition) is 1. The summed E-state index contributed by atoms with van der Waals surface area (Å²) in [5.74, 6) is -0.116. The SMILES string of the molecule is O=C(Nc1ccc(CCN2CCOCC2)cc1)C1CC(=O)N(C2CCCC2)C1.